The van der Waals surface area contributed by atoms with Gasteiger partial charge in [-0.1, -0.05) is 30.3 Å². The molecule has 0 fully saturated rings. The smallest absolute Gasteiger partial charge is 0.255 e. The summed E-state index contributed by atoms with van der Waals surface area (Å²) in [7, 11) is 1.56. The number of methoxy groups -OCH3 is 1. The van der Waals surface area contributed by atoms with Gasteiger partial charge in [-0.15, -0.1) is 0 Å². The molecule has 0 saturated heterocycles. The number of aromatic amines is 1. The number of ether oxygens (including phenoxy) is 1. The number of nitrogens with zero attached hydrogens (tertiary/aromatic N) is 1. The number of rotatable bonds is 3. The Morgan fingerprint density at radius 2 is 2.00 bits per heavy atom. The second kappa shape index (κ2) is 5.01. The highest BCUT2D eigenvalue weighted by Crippen LogP contribution is 2.22. The Balaban J connectivity index is 2.49. The van der Waals surface area contributed by atoms with E-state index in [2.05, 4.69) is 9.97 Å². The summed E-state index contributed by atoms with van der Waals surface area (Å²) in [5.41, 5.74) is 6.79. The third kappa shape index (κ3) is 2.26. The largest absolute Gasteiger partial charge is 0.383 e. The summed E-state index contributed by atoms with van der Waals surface area (Å²) >= 11 is 0. The van der Waals surface area contributed by atoms with E-state index in [1.54, 1.807) is 14.0 Å². The number of benzene rings is 1. The molecule has 1 atom stereocenters. The number of nitrogen functional groups attached to an aromatic ring is 1. The lowest BCUT2D eigenvalue weighted by Crippen LogP contribution is -2.20. The fourth-order valence-corrected chi connectivity index (χ4v) is 1.73. The first-order chi connectivity index (χ1) is 8.63. The molecule has 0 saturated carbocycles. The van der Waals surface area contributed by atoms with Crippen LogP contribution in [-0.2, 0) is 4.74 Å². The van der Waals surface area contributed by atoms with Crippen LogP contribution in [0.5, 0.6) is 0 Å². The van der Waals surface area contributed by atoms with Gasteiger partial charge in [-0.3, -0.25) is 4.79 Å². The highest BCUT2D eigenvalue weighted by atomic mass is 16.5. The van der Waals surface area contributed by atoms with Crippen LogP contribution in [0, 0.1) is 6.92 Å². The van der Waals surface area contributed by atoms with E-state index in [1.807, 2.05) is 30.3 Å². The molecule has 0 amide bonds. The topological polar surface area (TPSA) is 81.0 Å². The number of nitrogens with two attached hydrogens (primary N) is 1. The second-order valence-electron chi connectivity index (χ2n) is 3.99. The van der Waals surface area contributed by atoms with Crippen LogP contribution >= 0.6 is 0 Å². The van der Waals surface area contributed by atoms with E-state index >= 15 is 0 Å². The molecule has 1 heterocycles. The normalized spacial score (nSPS) is 12.3. The lowest BCUT2D eigenvalue weighted by Gasteiger charge is -2.15. The Hall–Kier alpha value is -2.14. The van der Waals surface area contributed by atoms with Crippen LogP contribution in [0.15, 0.2) is 35.1 Å². The first kappa shape index (κ1) is 12.3. The Morgan fingerprint density at radius 1 is 1.33 bits per heavy atom. The Kier molecular flexibility index (Phi) is 3.43. The van der Waals surface area contributed by atoms with E-state index in [4.69, 9.17) is 10.5 Å². The van der Waals surface area contributed by atoms with Gasteiger partial charge in [-0.25, -0.2) is 4.98 Å². The second-order valence-corrected chi connectivity index (χ2v) is 3.99. The van der Waals surface area contributed by atoms with Gasteiger partial charge in [0.1, 0.15) is 17.7 Å². The predicted molar refractivity (Wildman–Crippen MR) is 69.3 cm³/mol. The third-order valence-electron chi connectivity index (χ3n) is 2.79. The minimum atomic E-state index is -0.429. The minimum Gasteiger partial charge on any atom is -0.383 e. The monoisotopic (exact) mass is 245 g/mol. The zero-order valence-corrected chi connectivity index (χ0v) is 10.3. The highest BCUT2D eigenvalue weighted by Gasteiger charge is 2.17. The molecule has 1 unspecified atom stereocenters. The average molecular weight is 245 g/mol. The molecule has 0 aliphatic carbocycles. The fourth-order valence-electron chi connectivity index (χ4n) is 1.73. The number of hydrogen-bond acceptors (Lipinski definition) is 4. The summed E-state index contributed by atoms with van der Waals surface area (Å²) in [6.07, 6.45) is -0.429. The van der Waals surface area contributed by atoms with Crippen molar-refractivity contribution in [1.29, 1.82) is 0 Å². The molecule has 0 spiro atoms. The van der Waals surface area contributed by atoms with Crippen LogP contribution < -0.4 is 11.3 Å². The van der Waals surface area contributed by atoms with E-state index < -0.39 is 6.10 Å². The van der Waals surface area contributed by atoms with Crippen molar-refractivity contribution in [2.24, 2.45) is 0 Å². The van der Waals surface area contributed by atoms with E-state index in [9.17, 15) is 4.79 Å². The van der Waals surface area contributed by atoms with Crippen LogP contribution in [-0.4, -0.2) is 17.1 Å². The molecule has 3 N–H and O–H groups in total. The quantitative estimate of drug-likeness (QED) is 0.856. The number of H-pyrrole nitrogens is 1. The summed E-state index contributed by atoms with van der Waals surface area (Å²) < 4.78 is 5.38. The van der Waals surface area contributed by atoms with E-state index in [0.29, 0.717) is 11.4 Å². The lowest BCUT2D eigenvalue weighted by molar-refractivity contribution is 0.129. The summed E-state index contributed by atoms with van der Waals surface area (Å²) in [6, 6.07) is 9.53. The van der Waals surface area contributed by atoms with E-state index in [1.165, 1.54) is 0 Å². The maximum Gasteiger partial charge on any atom is 0.255 e. The van der Waals surface area contributed by atoms with Gasteiger partial charge in [-0.2, -0.15) is 0 Å². The molecular formula is C13H15N3O2. The molecule has 1 aromatic heterocycles. The van der Waals surface area contributed by atoms with Crippen LogP contribution in [0.1, 0.15) is 23.1 Å². The predicted octanol–water partition coefficient (Wildman–Crippen LogP) is 1.40. The lowest BCUT2D eigenvalue weighted by atomic mass is 10.1. The molecule has 94 valence electrons. The average Bonchev–Trinajstić information content (AvgIpc) is 2.38. The molecule has 2 aromatic rings. The first-order valence-corrected chi connectivity index (χ1v) is 5.57. The Labute approximate surface area is 105 Å². The first-order valence-electron chi connectivity index (χ1n) is 5.57. The van der Waals surface area contributed by atoms with Crippen LogP contribution in [0.3, 0.4) is 0 Å². The minimum absolute atomic E-state index is 0.228. The Bertz CT molecular complexity index is 593. The van der Waals surface area contributed by atoms with Crippen molar-refractivity contribution >= 4 is 5.82 Å². The summed E-state index contributed by atoms with van der Waals surface area (Å²) in [5, 5.41) is 0. The molecule has 0 radical (unpaired) electrons. The van der Waals surface area contributed by atoms with Gasteiger partial charge in [0, 0.05) is 7.11 Å². The molecule has 1 aromatic carbocycles. The SMILES string of the molecule is COC(c1ccccc1)c1nc(N)c(C)c(=O)[nH]1. The van der Waals surface area contributed by atoms with Crippen molar-refractivity contribution in [3.8, 4) is 0 Å². The number of hydrogen-bond donors (Lipinski definition) is 2. The molecule has 5 nitrogen and oxygen atoms in total. The number of anilines is 1. The zero-order chi connectivity index (χ0) is 13.1. The van der Waals surface area contributed by atoms with Crippen LogP contribution in [0.25, 0.3) is 0 Å². The molecule has 0 aliphatic heterocycles. The maximum atomic E-state index is 11.7. The summed E-state index contributed by atoms with van der Waals surface area (Å²) in [4.78, 5) is 18.6. The van der Waals surface area contributed by atoms with Crippen molar-refractivity contribution in [2.75, 3.05) is 12.8 Å². The summed E-state index contributed by atoms with van der Waals surface area (Å²) in [5.74, 6) is 0.642. The van der Waals surface area contributed by atoms with Crippen LogP contribution in [0.4, 0.5) is 5.82 Å². The molecule has 18 heavy (non-hydrogen) atoms. The molecule has 0 aliphatic rings. The zero-order valence-electron chi connectivity index (χ0n) is 10.3. The molecule has 2 rings (SSSR count). The van der Waals surface area contributed by atoms with Gasteiger partial charge in [0.2, 0.25) is 0 Å². The third-order valence-corrected chi connectivity index (χ3v) is 2.79. The van der Waals surface area contributed by atoms with Gasteiger partial charge in [0.25, 0.3) is 5.56 Å². The van der Waals surface area contributed by atoms with Gasteiger partial charge in [-0.05, 0) is 12.5 Å². The van der Waals surface area contributed by atoms with Crippen molar-refractivity contribution in [3.05, 3.63) is 57.6 Å². The van der Waals surface area contributed by atoms with Crippen molar-refractivity contribution in [1.82, 2.24) is 9.97 Å². The standard InChI is InChI=1S/C13H15N3O2/c1-8-11(14)15-12(16-13(8)17)10(18-2)9-6-4-3-5-7-9/h3-7,10H,1-2H3,(H3,14,15,16,17). The van der Waals surface area contributed by atoms with Crippen molar-refractivity contribution in [3.63, 3.8) is 0 Å². The van der Waals surface area contributed by atoms with Gasteiger partial charge in [0.15, 0.2) is 0 Å². The number of nitrogens with one attached hydrogen (secondary N) is 1. The highest BCUT2D eigenvalue weighted by molar-refractivity contribution is 5.37. The van der Waals surface area contributed by atoms with Gasteiger partial charge >= 0.3 is 0 Å². The maximum absolute atomic E-state index is 11.7. The van der Waals surface area contributed by atoms with Crippen LogP contribution in [0.2, 0.25) is 0 Å². The Morgan fingerprint density at radius 3 is 2.56 bits per heavy atom. The molecule has 5 heteroatoms. The van der Waals surface area contributed by atoms with E-state index in [-0.39, 0.29) is 11.4 Å². The van der Waals surface area contributed by atoms with Crippen molar-refractivity contribution in [2.45, 2.75) is 13.0 Å². The van der Waals surface area contributed by atoms with Crippen molar-refractivity contribution < 1.29 is 4.74 Å². The summed E-state index contributed by atoms with van der Waals surface area (Å²) in [6.45, 7) is 1.63. The van der Waals surface area contributed by atoms with E-state index in [0.717, 1.165) is 5.56 Å². The van der Waals surface area contributed by atoms with Gasteiger partial charge < -0.3 is 15.5 Å². The fraction of sp³-hybridized carbons (Fsp3) is 0.231. The molecular weight excluding hydrogens is 230 g/mol. The van der Waals surface area contributed by atoms with Gasteiger partial charge in [0.05, 0.1) is 5.56 Å². The number of aromatic nitrogens is 2. The molecule has 0 bridgehead atoms.